The Bertz CT molecular complexity index is 1360. The maximum Gasteiger partial charge on any atom is 0.230 e. The van der Waals surface area contributed by atoms with Crippen LogP contribution in [-0.2, 0) is 24.1 Å². The van der Waals surface area contributed by atoms with Gasteiger partial charge in [0.1, 0.15) is 6.09 Å². The molecule has 0 spiro atoms. The van der Waals surface area contributed by atoms with E-state index in [0.29, 0.717) is 12.8 Å². The summed E-state index contributed by atoms with van der Waals surface area (Å²) in [6.07, 6.45) is -3.39. The second-order valence-electron chi connectivity index (χ2n) is 12.6. The van der Waals surface area contributed by atoms with Crippen molar-refractivity contribution in [3.05, 3.63) is 107 Å². The average molecular weight is 603 g/mol. The number of nitrogens with zero attached hydrogens (tertiary/aromatic N) is 1. The van der Waals surface area contributed by atoms with Crippen molar-refractivity contribution in [2.24, 2.45) is 0 Å². The number of fused-ring (bicyclic) bond motifs is 1. The summed E-state index contributed by atoms with van der Waals surface area (Å²) in [5, 5.41) is 51.6. The zero-order valence-electron chi connectivity index (χ0n) is 25.6. The summed E-state index contributed by atoms with van der Waals surface area (Å²) >= 11 is 0. The van der Waals surface area contributed by atoms with E-state index in [1.807, 2.05) is 84.9 Å². The van der Waals surface area contributed by atoms with Crippen LogP contribution < -0.4 is 15.7 Å². The zero-order valence-corrected chi connectivity index (χ0v) is 25.6. The fourth-order valence-electron chi connectivity index (χ4n) is 6.13. The molecule has 4 rings (SSSR count). The normalized spacial score (nSPS) is 19.0. The number of hydrogen-bond donors (Lipinski definition) is 5. The van der Waals surface area contributed by atoms with Crippen LogP contribution in [0.4, 0.5) is 4.79 Å². The third-order valence-electron chi connectivity index (χ3n) is 8.27. The molecule has 0 radical (unpaired) electrons. The van der Waals surface area contributed by atoms with Gasteiger partial charge in [-0.2, -0.15) is 0 Å². The van der Waals surface area contributed by atoms with Crippen LogP contribution in [0.3, 0.4) is 0 Å². The molecule has 3 aromatic rings. The van der Waals surface area contributed by atoms with Crippen LogP contribution in [-0.4, -0.2) is 81.2 Å². The van der Waals surface area contributed by atoms with Crippen molar-refractivity contribution in [2.75, 3.05) is 13.1 Å². The molecule has 0 heterocycles. The third-order valence-corrected chi connectivity index (χ3v) is 8.27. The van der Waals surface area contributed by atoms with Crippen molar-refractivity contribution in [3.63, 3.8) is 0 Å². The van der Waals surface area contributed by atoms with Gasteiger partial charge in [0.15, 0.2) is 0 Å². The van der Waals surface area contributed by atoms with E-state index in [-0.39, 0.29) is 25.4 Å². The van der Waals surface area contributed by atoms with Crippen molar-refractivity contribution in [3.8, 4) is 0 Å². The Hall–Kier alpha value is -3.76. The van der Waals surface area contributed by atoms with Crippen molar-refractivity contribution >= 4 is 12.0 Å². The number of aliphatic hydroxyl groups excluding tert-OH is 3. The number of carbonyl (C=O) groups is 2. The molecular weight excluding hydrogens is 558 g/mol. The van der Waals surface area contributed by atoms with Gasteiger partial charge in [-0.15, -0.1) is 0 Å². The van der Waals surface area contributed by atoms with Gasteiger partial charge in [0, 0.05) is 18.6 Å². The van der Waals surface area contributed by atoms with Crippen LogP contribution >= 0.6 is 0 Å². The molecule has 0 aromatic heterocycles. The number of benzene rings is 3. The topological polar surface area (TPSA) is 145 Å². The number of aliphatic hydroxyl groups is 3. The lowest BCUT2D eigenvalue weighted by Gasteiger charge is -2.45. The van der Waals surface area contributed by atoms with Gasteiger partial charge < -0.3 is 40.8 Å². The molecule has 0 saturated carbocycles. The average Bonchev–Trinajstić information content (AvgIpc) is 3.32. The molecule has 0 bridgehead atoms. The van der Waals surface area contributed by atoms with Crippen LogP contribution in [0.25, 0.3) is 0 Å². The van der Waals surface area contributed by atoms with Crippen molar-refractivity contribution in [1.29, 1.82) is 0 Å². The third kappa shape index (κ3) is 8.45. The van der Waals surface area contributed by atoms with E-state index in [9.17, 15) is 30.0 Å². The molecule has 0 saturated heterocycles. The molecule has 3 aromatic carbocycles. The lowest BCUT2D eigenvalue weighted by atomic mass is 9.94. The Labute approximate surface area is 259 Å². The molecule has 5 N–H and O–H groups in total. The lowest BCUT2D eigenvalue weighted by Crippen LogP contribution is -2.62. The first-order chi connectivity index (χ1) is 21.0. The van der Waals surface area contributed by atoms with Crippen LogP contribution in [0.1, 0.15) is 48.9 Å². The monoisotopic (exact) mass is 602 g/mol. The number of nitrogens with one attached hydrogen (secondary N) is 2. The molecule has 44 heavy (non-hydrogen) atoms. The maximum atomic E-state index is 13.5. The molecule has 0 aliphatic heterocycles. The first kappa shape index (κ1) is 33.1. The first-order valence-corrected chi connectivity index (χ1v) is 15.2. The molecule has 2 amide bonds. The van der Waals surface area contributed by atoms with Crippen molar-refractivity contribution < 1.29 is 30.0 Å². The van der Waals surface area contributed by atoms with Gasteiger partial charge in [-0.3, -0.25) is 4.79 Å². The summed E-state index contributed by atoms with van der Waals surface area (Å²) in [5.41, 5.74) is 2.68. The minimum absolute atomic E-state index is 0.00482. The number of amides is 2. The van der Waals surface area contributed by atoms with Gasteiger partial charge >= 0.3 is 0 Å². The maximum absolute atomic E-state index is 13.5. The molecule has 6 atom stereocenters. The standard InChI is InChI=1S/C35H45N3O6/c1-35(2,3)38(34(43)44)28(19-24-14-8-5-9-15-24)31(41)22-36-21-30(40)27(18-23-12-6-4-7-13-23)37-33(42)32-26-17-11-10-16-25(26)20-29(32)39/h4-17,27-32,36,39-41H,18-22H2,1-3H3,(H,37,42)(H,43,44)/p-1/t27-,28-,29?,30+,31+,32?/m0/s1. The van der Waals surface area contributed by atoms with E-state index in [1.165, 1.54) is 4.90 Å². The predicted octanol–water partition coefficient (Wildman–Crippen LogP) is 1.78. The van der Waals surface area contributed by atoms with E-state index in [2.05, 4.69) is 10.6 Å². The summed E-state index contributed by atoms with van der Waals surface area (Å²) in [4.78, 5) is 26.9. The summed E-state index contributed by atoms with van der Waals surface area (Å²) in [6, 6.07) is 24.8. The van der Waals surface area contributed by atoms with Gasteiger partial charge in [0.25, 0.3) is 0 Å². The largest absolute Gasteiger partial charge is 0.530 e. The number of hydrogen-bond acceptors (Lipinski definition) is 7. The Morgan fingerprint density at radius 2 is 1.41 bits per heavy atom. The van der Waals surface area contributed by atoms with Crippen LogP contribution in [0, 0.1) is 0 Å². The van der Waals surface area contributed by atoms with Crippen molar-refractivity contribution in [1.82, 2.24) is 15.5 Å². The van der Waals surface area contributed by atoms with Gasteiger partial charge in [0.05, 0.1) is 36.3 Å². The van der Waals surface area contributed by atoms with Crippen molar-refractivity contribution in [2.45, 2.75) is 81.9 Å². The highest BCUT2D eigenvalue weighted by molar-refractivity contribution is 5.86. The van der Waals surface area contributed by atoms with Gasteiger partial charge in [-0.1, -0.05) is 84.9 Å². The Kier molecular flexibility index (Phi) is 11.2. The van der Waals surface area contributed by atoms with E-state index in [4.69, 9.17) is 0 Å². The minimum Gasteiger partial charge on any atom is -0.530 e. The van der Waals surface area contributed by atoms with Crippen LogP contribution in [0.5, 0.6) is 0 Å². The molecule has 9 nitrogen and oxygen atoms in total. The Balaban J connectivity index is 1.46. The molecule has 2 unspecified atom stereocenters. The quantitative estimate of drug-likeness (QED) is 0.201. The van der Waals surface area contributed by atoms with E-state index in [1.54, 1.807) is 20.8 Å². The fraction of sp³-hybridized carbons (Fsp3) is 0.429. The van der Waals surface area contributed by atoms with Crippen LogP contribution in [0.15, 0.2) is 84.9 Å². The van der Waals surface area contributed by atoms with Crippen LogP contribution in [0.2, 0.25) is 0 Å². The summed E-state index contributed by atoms with van der Waals surface area (Å²) in [6.45, 7) is 5.27. The summed E-state index contributed by atoms with van der Waals surface area (Å²) in [7, 11) is 0. The zero-order chi connectivity index (χ0) is 31.9. The SMILES string of the molecule is CC(C)(C)N(C(=O)[O-])[C@@H](Cc1ccccc1)[C@H](O)CNC[C@@H](O)[C@H](Cc1ccccc1)NC(=O)C1c2ccccc2CC1O. The molecule has 9 heteroatoms. The van der Waals surface area contributed by atoms with Gasteiger partial charge in [-0.25, -0.2) is 0 Å². The molecule has 0 fully saturated rings. The lowest BCUT2D eigenvalue weighted by molar-refractivity contribution is -0.275. The second-order valence-corrected chi connectivity index (χ2v) is 12.6. The van der Waals surface area contributed by atoms with Gasteiger partial charge in [-0.05, 0) is 62.3 Å². The highest BCUT2D eigenvalue weighted by Gasteiger charge is 2.38. The second kappa shape index (κ2) is 14.8. The molecule has 236 valence electrons. The summed E-state index contributed by atoms with van der Waals surface area (Å²) in [5.74, 6) is -1.10. The highest BCUT2D eigenvalue weighted by atomic mass is 16.4. The smallest absolute Gasteiger partial charge is 0.230 e. The summed E-state index contributed by atoms with van der Waals surface area (Å²) < 4.78 is 0. The molecular formula is C35H44N3O6-. The van der Waals surface area contributed by atoms with E-state index < -0.39 is 47.9 Å². The first-order valence-electron chi connectivity index (χ1n) is 15.2. The number of rotatable bonds is 13. The number of carboxylic acid groups (broad SMARTS) is 1. The van der Waals surface area contributed by atoms with E-state index in [0.717, 1.165) is 22.3 Å². The molecule has 1 aliphatic rings. The predicted molar refractivity (Wildman–Crippen MR) is 167 cm³/mol. The Morgan fingerprint density at radius 1 is 0.864 bits per heavy atom. The Morgan fingerprint density at radius 3 is 2.00 bits per heavy atom. The van der Waals surface area contributed by atoms with Gasteiger partial charge in [0.2, 0.25) is 5.91 Å². The minimum atomic E-state index is -1.38. The fourth-order valence-corrected chi connectivity index (χ4v) is 6.13. The number of carbonyl (C=O) groups excluding carboxylic acids is 2. The molecule has 1 aliphatic carbocycles. The van der Waals surface area contributed by atoms with E-state index >= 15 is 0 Å². The highest BCUT2D eigenvalue weighted by Crippen LogP contribution is 2.33.